The van der Waals surface area contributed by atoms with Crippen LogP contribution in [0, 0.1) is 0 Å². The van der Waals surface area contributed by atoms with Gasteiger partial charge in [0, 0.05) is 22.9 Å². The SMILES string of the molecule is COC(=O)CC1C(=O)NCCN1C(=O)c1cc2cc(Br)cc(OC)c2oc1=O. The summed E-state index contributed by atoms with van der Waals surface area (Å²) in [5.41, 5.74) is -0.895. The van der Waals surface area contributed by atoms with Gasteiger partial charge in [-0.1, -0.05) is 15.9 Å². The van der Waals surface area contributed by atoms with Crippen molar-refractivity contribution in [2.75, 3.05) is 27.3 Å². The minimum Gasteiger partial charge on any atom is -0.493 e. The smallest absolute Gasteiger partial charge is 0.349 e. The van der Waals surface area contributed by atoms with E-state index in [0.717, 1.165) is 0 Å². The fourth-order valence-corrected chi connectivity index (χ4v) is 3.48. The lowest BCUT2D eigenvalue weighted by Crippen LogP contribution is -2.58. The maximum Gasteiger partial charge on any atom is 0.349 e. The van der Waals surface area contributed by atoms with E-state index in [2.05, 4.69) is 26.0 Å². The van der Waals surface area contributed by atoms with Gasteiger partial charge in [0.1, 0.15) is 11.6 Å². The number of benzene rings is 1. The first kappa shape index (κ1) is 19.9. The third kappa shape index (κ3) is 3.72. The minimum absolute atomic E-state index is 0.144. The molecular formula is C18H17BrN2O7. The number of ether oxygens (including phenoxy) is 2. The van der Waals surface area contributed by atoms with Crippen molar-refractivity contribution in [2.45, 2.75) is 12.5 Å². The Morgan fingerprint density at radius 3 is 2.71 bits per heavy atom. The van der Waals surface area contributed by atoms with Crippen LogP contribution in [0.2, 0.25) is 0 Å². The molecule has 28 heavy (non-hydrogen) atoms. The summed E-state index contributed by atoms with van der Waals surface area (Å²) in [4.78, 5) is 50.5. The van der Waals surface area contributed by atoms with Crippen LogP contribution in [0.3, 0.4) is 0 Å². The molecule has 1 unspecified atom stereocenters. The van der Waals surface area contributed by atoms with E-state index in [1.165, 1.54) is 25.2 Å². The lowest BCUT2D eigenvalue weighted by Gasteiger charge is -2.34. The topological polar surface area (TPSA) is 115 Å². The second-order valence-corrected chi connectivity index (χ2v) is 6.98. The highest BCUT2D eigenvalue weighted by Gasteiger charge is 2.36. The second-order valence-electron chi connectivity index (χ2n) is 6.06. The lowest BCUT2D eigenvalue weighted by atomic mass is 10.1. The number of nitrogens with zero attached hydrogens (tertiary/aromatic N) is 1. The van der Waals surface area contributed by atoms with Crippen LogP contribution in [0.4, 0.5) is 0 Å². The van der Waals surface area contributed by atoms with Crippen molar-refractivity contribution in [2.24, 2.45) is 0 Å². The number of rotatable bonds is 4. The van der Waals surface area contributed by atoms with Gasteiger partial charge in [0.15, 0.2) is 11.3 Å². The van der Waals surface area contributed by atoms with Crippen LogP contribution in [0.1, 0.15) is 16.8 Å². The Morgan fingerprint density at radius 2 is 2.04 bits per heavy atom. The summed E-state index contributed by atoms with van der Waals surface area (Å²) < 4.78 is 15.8. The summed E-state index contributed by atoms with van der Waals surface area (Å²) in [6.07, 6.45) is -0.313. The highest BCUT2D eigenvalue weighted by molar-refractivity contribution is 9.10. The average molecular weight is 453 g/mol. The van der Waals surface area contributed by atoms with Gasteiger partial charge < -0.3 is 24.1 Å². The molecule has 10 heteroatoms. The highest BCUT2D eigenvalue weighted by Crippen LogP contribution is 2.30. The van der Waals surface area contributed by atoms with Crippen LogP contribution in [0.25, 0.3) is 11.0 Å². The van der Waals surface area contributed by atoms with Crippen molar-refractivity contribution in [3.05, 3.63) is 38.7 Å². The van der Waals surface area contributed by atoms with E-state index in [4.69, 9.17) is 9.15 Å². The number of amides is 2. The van der Waals surface area contributed by atoms with Crippen molar-refractivity contribution < 1.29 is 28.3 Å². The van der Waals surface area contributed by atoms with Crippen molar-refractivity contribution >= 4 is 44.7 Å². The molecule has 3 rings (SSSR count). The van der Waals surface area contributed by atoms with E-state index in [1.807, 2.05) is 0 Å². The molecule has 1 fully saturated rings. The summed E-state index contributed by atoms with van der Waals surface area (Å²) in [6, 6.07) is 3.62. The third-order valence-corrected chi connectivity index (χ3v) is 4.85. The lowest BCUT2D eigenvalue weighted by molar-refractivity contribution is -0.145. The van der Waals surface area contributed by atoms with E-state index in [0.29, 0.717) is 15.6 Å². The second kappa shape index (κ2) is 8.01. The zero-order valence-electron chi connectivity index (χ0n) is 15.1. The maximum absolute atomic E-state index is 13.0. The van der Waals surface area contributed by atoms with E-state index >= 15 is 0 Å². The largest absolute Gasteiger partial charge is 0.493 e. The van der Waals surface area contributed by atoms with Crippen LogP contribution in [-0.2, 0) is 14.3 Å². The molecule has 1 aromatic heterocycles. The summed E-state index contributed by atoms with van der Waals surface area (Å²) in [5, 5.41) is 3.07. The highest BCUT2D eigenvalue weighted by atomic mass is 79.9. The predicted molar refractivity (Wildman–Crippen MR) is 101 cm³/mol. The van der Waals surface area contributed by atoms with Crippen LogP contribution in [0.5, 0.6) is 5.75 Å². The molecule has 2 aromatic rings. The van der Waals surface area contributed by atoms with Crippen LogP contribution < -0.4 is 15.7 Å². The molecule has 9 nitrogen and oxygen atoms in total. The standard InChI is InChI=1S/C18H17BrN2O7/c1-26-13-7-10(19)5-9-6-11(18(25)28-15(9)13)17(24)21-4-3-20-16(23)12(21)8-14(22)27-2/h5-7,12H,3-4,8H2,1-2H3,(H,20,23). The van der Waals surface area contributed by atoms with Crippen molar-refractivity contribution in [1.82, 2.24) is 10.2 Å². The molecule has 1 saturated heterocycles. The zero-order chi connectivity index (χ0) is 20.4. The van der Waals surface area contributed by atoms with Crippen molar-refractivity contribution in [3.63, 3.8) is 0 Å². The Morgan fingerprint density at radius 1 is 1.29 bits per heavy atom. The van der Waals surface area contributed by atoms with Crippen molar-refractivity contribution in [1.29, 1.82) is 0 Å². The molecule has 0 bridgehead atoms. The number of esters is 1. The van der Waals surface area contributed by atoms with Gasteiger partial charge in [-0.3, -0.25) is 14.4 Å². The number of hydrogen-bond donors (Lipinski definition) is 1. The molecule has 0 radical (unpaired) electrons. The van der Waals surface area contributed by atoms with E-state index in [9.17, 15) is 19.2 Å². The van der Waals surface area contributed by atoms with E-state index in [1.54, 1.807) is 12.1 Å². The first-order valence-electron chi connectivity index (χ1n) is 8.32. The van der Waals surface area contributed by atoms with Crippen molar-refractivity contribution in [3.8, 4) is 5.75 Å². The molecule has 0 saturated carbocycles. The molecule has 0 spiro atoms. The van der Waals surface area contributed by atoms with Gasteiger partial charge in [-0.15, -0.1) is 0 Å². The van der Waals surface area contributed by atoms with Gasteiger partial charge in [-0.25, -0.2) is 4.79 Å². The summed E-state index contributed by atoms with van der Waals surface area (Å²) in [6.45, 7) is 0.353. The van der Waals surface area contributed by atoms with Gasteiger partial charge >= 0.3 is 11.6 Å². The third-order valence-electron chi connectivity index (χ3n) is 4.39. The van der Waals surface area contributed by atoms with Gasteiger partial charge in [0.2, 0.25) is 5.91 Å². The summed E-state index contributed by atoms with van der Waals surface area (Å²) in [5.74, 6) is -1.49. The van der Waals surface area contributed by atoms with E-state index < -0.39 is 29.5 Å². The fourth-order valence-electron chi connectivity index (χ4n) is 3.02. The quantitative estimate of drug-likeness (QED) is 0.544. The molecular weight excluding hydrogens is 436 g/mol. The number of nitrogens with one attached hydrogen (secondary N) is 1. The first-order chi connectivity index (χ1) is 13.3. The van der Waals surface area contributed by atoms with Gasteiger partial charge in [-0.05, 0) is 18.2 Å². The normalized spacial score (nSPS) is 16.6. The number of carbonyl (C=O) groups excluding carboxylic acids is 3. The molecule has 2 heterocycles. The first-order valence-corrected chi connectivity index (χ1v) is 9.12. The summed E-state index contributed by atoms with van der Waals surface area (Å²) in [7, 11) is 2.63. The molecule has 2 amide bonds. The van der Waals surface area contributed by atoms with Gasteiger partial charge in [0.05, 0.1) is 20.6 Å². The number of halogens is 1. The Labute approximate surface area is 167 Å². The van der Waals surface area contributed by atoms with Crippen LogP contribution in [-0.4, -0.2) is 56.0 Å². The number of fused-ring (bicyclic) bond motifs is 1. The monoisotopic (exact) mass is 452 g/mol. The predicted octanol–water partition coefficient (Wildman–Crippen LogP) is 1.07. The maximum atomic E-state index is 13.0. The number of methoxy groups -OCH3 is 2. The van der Waals surface area contributed by atoms with Gasteiger partial charge in [-0.2, -0.15) is 0 Å². The van der Waals surface area contributed by atoms with Crippen LogP contribution >= 0.6 is 15.9 Å². The number of carbonyl (C=O) groups is 3. The molecule has 1 aliphatic heterocycles. The number of piperazine rings is 1. The Kier molecular flexibility index (Phi) is 5.68. The van der Waals surface area contributed by atoms with Crippen LogP contribution in [0.15, 0.2) is 31.9 Å². The molecule has 148 valence electrons. The Balaban J connectivity index is 2.04. The summed E-state index contributed by atoms with van der Waals surface area (Å²) >= 11 is 3.33. The Bertz CT molecular complexity index is 1020. The zero-order valence-corrected chi connectivity index (χ0v) is 16.7. The molecule has 1 N–H and O–H groups in total. The van der Waals surface area contributed by atoms with E-state index in [-0.39, 0.29) is 30.7 Å². The minimum atomic E-state index is -1.07. The fraction of sp³-hybridized carbons (Fsp3) is 0.333. The number of hydrogen-bond acceptors (Lipinski definition) is 7. The van der Waals surface area contributed by atoms with Gasteiger partial charge in [0.25, 0.3) is 5.91 Å². The molecule has 1 aliphatic rings. The molecule has 0 aliphatic carbocycles. The molecule has 1 aromatic carbocycles. The molecule has 1 atom stereocenters. The Hall–Kier alpha value is -2.88. The average Bonchev–Trinajstić information content (AvgIpc) is 2.68.